The zero-order valence-corrected chi connectivity index (χ0v) is 10.4. The minimum Gasteiger partial charge on any atom is -0.0654 e. The van der Waals surface area contributed by atoms with Crippen molar-refractivity contribution in [3.05, 3.63) is 0 Å². The van der Waals surface area contributed by atoms with Crippen LogP contribution in [0.5, 0.6) is 0 Å². The van der Waals surface area contributed by atoms with E-state index in [1.165, 1.54) is 51.4 Å². The third kappa shape index (κ3) is 3.63. The Morgan fingerprint density at radius 1 is 1.00 bits per heavy atom. The first-order valence-corrected chi connectivity index (χ1v) is 6.77. The first kappa shape index (κ1) is 12.1. The molecule has 0 saturated heterocycles. The summed E-state index contributed by atoms with van der Waals surface area (Å²) in [6, 6.07) is 0. The summed E-state index contributed by atoms with van der Waals surface area (Å²) in [5.74, 6) is 3.14. The number of hydrogen-bond acceptors (Lipinski definition) is 0. The molecule has 0 nitrogen and oxygen atoms in total. The predicted molar refractivity (Wildman–Crippen MR) is 68.7 cm³/mol. The van der Waals surface area contributed by atoms with Crippen LogP contribution in [0.4, 0.5) is 0 Å². The lowest BCUT2D eigenvalue weighted by Gasteiger charge is -2.32. The Labute approximate surface area is 93.4 Å². The van der Waals surface area contributed by atoms with Gasteiger partial charge in [-0.3, -0.25) is 0 Å². The van der Waals surface area contributed by atoms with Crippen LogP contribution in [0.1, 0.15) is 75.0 Å². The Balaban J connectivity index is 0. The largest absolute Gasteiger partial charge is 0.0654 e. The molecule has 0 amide bonds. The van der Waals surface area contributed by atoms with Crippen molar-refractivity contribution in [2.75, 3.05) is 0 Å². The van der Waals surface area contributed by atoms with Gasteiger partial charge in [-0.1, -0.05) is 59.3 Å². The van der Waals surface area contributed by atoms with Crippen molar-refractivity contribution in [3.63, 3.8) is 0 Å². The van der Waals surface area contributed by atoms with E-state index in [1.807, 2.05) is 0 Å². The van der Waals surface area contributed by atoms with Gasteiger partial charge in [0.25, 0.3) is 0 Å². The topological polar surface area (TPSA) is 0 Å². The summed E-state index contributed by atoms with van der Waals surface area (Å²) >= 11 is 0. The van der Waals surface area contributed by atoms with Crippen LogP contribution in [0.25, 0.3) is 0 Å². The van der Waals surface area contributed by atoms with Gasteiger partial charge < -0.3 is 0 Å². The fourth-order valence-electron chi connectivity index (χ4n) is 3.11. The summed E-state index contributed by atoms with van der Waals surface area (Å²) < 4.78 is 0. The van der Waals surface area contributed by atoms with Gasteiger partial charge in [0.1, 0.15) is 0 Å². The molecule has 1 aliphatic rings. The van der Waals surface area contributed by atoms with E-state index in [1.54, 1.807) is 0 Å². The van der Waals surface area contributed by atoms with E-state index >= 15 is 0 Å². The van der Waals surface area contributed by atoms with Gasteiger partial charge in [0.2, 0.25) is 0 Å². The zero-order chi connectivity index (χ0) is 10.4. The van der Waals surface area contributed by atoms with E-state index in [-0.39, 0.29) is 2.85 Å². The summed E-state index contributed by atoms with van der Waals surface area (Å²) in [5, 5.41) is 0. The first-order valence-electron chi connectivity index (χ1n) is 6.77. The van der Waals surface area contributed by atoms with E-state index in [0.29, 0.717) is 0 Å². The van der Waals surface area contributed by atoms with E-state index < -0.39 is 0 Å². The average Bonchev–Trinajstić information content (AvgIpc) is 2.19. The maximum absolute atomic E-state index is 2.42. The second kappa shape index (κ2) is 6.48. The molecular weight excluding hydrogens is 168 g/mol. The molecule has 0 aromatic rings. The quantitative estimate of drug-likeness (QED) is 0.548. The average molecular weight is 200 g/mol. The van der Waals surface area contributed by atoms with Crippen LogP contribution in [-0.2, 0) is 0 Å². The zero-order valence-electron chi connectivity index (χ0n) is 10.4. The normalized spacial score (nSPS) is 28.3. The minimum atomic E-state index is 0. The molecule has 1 aliphatic carbocycles. The van der Waals surface area contributed by atoms with Crippen LogP contribution in [0.2, 0.25) is 0 Å². The molecule has 0 N–H and O–H groups in total. The van der Waals surface area contributed by atoms with Crippen molar-refractivity contribution in [1.29, 1.82) is 0 Å². The summed E-state index contributed by atoms with van der Waals surface area (Å²) in [7, 11) is 0. The number of hydrogen-bond donors (Lipinski definition) is 0. The molecule has 1 fully saturated rings. The Morgan fingerprint density at radius 3 is 1.93 bits per heavy atom. The maximum Gasteiger partial charge on any atom is 0 e. The molecular formula is C14H32. The highest BCUT2D eigenvalue weighted by atomic mass is 14.3. The SMILES string of the molecule is CCCC(CCC)C1CCC(C)CC1.[HH].[HH]. The van der Waals surface area contributed by atoms with Gasteiger partial charge in [0.15, 0.2) is 0 Å². The van der Waals surface area contributed by atoms with Crippen LogP contribution in [0.3, 0.4) is 0 Å². The Morgan fingerprint density at radius 2 is 1.50 bits per heavy atom. The second-order valence-corrected chi connectivity index (χ2v) is 5.36. The molecule has 0 aliphatic heterocycles. The minimum absolute atomic E-state index is 0. The Hall–Kier alpha value is 0. The molecule has 0 radical (unpaired) electrons. The highest BCUT2D eigenvalue weighted by Gasteiger charge is 2.24. The molecule has 0 unspecified atom stereocenters. The molecule has 88 valence electrons. The van der Waals surface area contributed by atoms with Crippen molar-refractivity contribution in [2.24, 2.45) is 17.8 Å². The van der Waals surface area contributed by atoms with Crippen molar-refractivity contribution in [1.82, 2.24) is 0 Å². The van der Waals surface area contributed by atoms with Crippen LogP contribution in [0.15, 0.2) is 0 Å². The maximum atomic E-state index is 2.42. The number of rotatable bonds is 5. The second-order valence-electron chi connectivity index (χ2n) is 5.36. The van der Waals surface area contributed by atoms with Gasteiger partial charge in [0, 0.05) is 2.85 Å². The molecule has 1 rings (SSSR count). The summed E-state index contributed by atoms with van der Waals surface area (Å²) in [4.78, 5) is 0. The van der Waals surface area contributed by atoms with E-state index in [9.17, 15) is 0 Å². The van der Waals surface area contributed by atoms with Crippen molar-refractivity contribution >= 4 is 0 Å². The molecule has 0 spiro atoms. The predicted octanol–water partition coefficient (Wildman–Crippen LogP) is 5.52. The van der Waals surface area contributed by atoms with Crippen LogP contribution in [-0.4, -0.2) is 0 Å². The molecule has 0 atom stereocenters. The summed E-state index contributed by atoms with van der Waals surface area (Å²) in [6.07, 6.45) is 11.8. The summed E-state index contributed by atoms with van der Waals surface area (Å²) in [5.41, 5.74) is 0. The van der Waals surface area contributed by atoms with Gasteiger partial charge in [-0.2, -0.15) is 0 Å². The van der Waals surface area contributed by atoms with Gasteiger partial charge >= 0.3 is 0 Å². The van der Waals surface area contributed by atoms with Crippen molar-refractivity contribution in [2.45, 2.75) is 72.1 Å². The van der Waals surface area contributed by atoms with Gasteiger partial charge in [0.05, 0.1) is 0 Å². The highest BCUT2D eigenvalue weighted by Crippen LogP contribution is 2.36. The van der Waals surface area contributed by atoms with Crippen LogP contribution >= 0.6 is 0 Å². The lowest BCUT2D eigenvalue weighted by atomic mass is 9.73. The smallest absolute Gasteiger partial charge is 0 e. The van der Waals surface area contributed by atoms with Crippen molar-refractivity contribution < 1.29 is 2.85 Å². The third-order valence-electron chi connectivity index (χ3n) is 4.05. The fraction of sp³-hybridized carbons (Fsp3) is 1.00. The van der Waals surface area contributed by atoms with E-state index in [2.05, 4.69) is 20.8 Å². The lowest BCUT2D eigenvalue weighted by Crippen LogP contribution is -2.20. The Bertz CT molecular complexity index is 134. The molecule has 14 heavy (non-hydrogen) atoms. The molecule has 0 heteroatoms. The van der Waals surface area contributed by atoms with Gasteiger partial charge in [-0.25, -0.2) is 0 Å². The van der Waals surface area contributed by atoms with Crippen LogP contribution < -0.4 is 0 Å². The molecule has 0 aromatic heterocycles. The third-order valence-corrected chi connectivity index (χ3v) is 4.05. The van der Waals surface area contributed by atoms with E-state index in [4.69, 9.17) is 0 Å². The molecule has 0 heterocycles. The fourth-order valence-corrected chi connectivity index (χ4v) is 3.11. The molecule has 1 saturated carbocycles. The van der Waals surface area contributed by atoms with Gasteiger partial charge in [-0.05, 0) is 30.6 Å². The molecule has 0 bridgehead atoms. The van der Waals surface area contributed by atoms with Crippen molar-refractivity contribution in [3.8, 4) is 0 Å². The summed E-state index contributed by atoms with van der Waals surface area (Å²) in [6.45, 7) is 7.10. The molecule has 0 aromatic carbocycles. The Kier molecular flexibility index (Phi) is 5.59. The van der Waals surface area contributed by atoms with Gasteiger partial charge in [-0.15, -0.1) is 0 Å². The standard InChI is InChI=1S/C14H28.2H2/c1-4-6-13(7-5-2)14-10-8-12(3)9-11-14;;/h12-14H,4-11H2,1-3H3;2*1H. The first-order chi connectivity index (χ1) is 6.77. The van der Waals surface area contributed by atoms with Crippen LogP contribution in [0, 0.1) is 17.8 Å². The van der Waals surface area contributed by atoms with E-state index in [0.717, 1.165) is 17.8 Å². The highest BCUT2D eigenvalue weighted by molar-refractivity contribution is 4.76. The monoisotopic (exact) mass is 200 g/mol. The lowest BCUT2D eigenvalue weighted by molar-refractivity contribution is 0.192.